The first-order valence-electron chi connectivity index (χ1n) is 9.44. The maximum Gasteiger partial charge on any atom is 0.339 e. The maximum atomic E-state index is 11.6. The third kappa shape index (κ3) is 2.79. The van der Waals surface area contributed by atoms with Crippen LogP contribution in [0.4, 0.5) is 0 Å². The first kappa shape index (κ1) is 17.3. The Hall–Kier alpha value is -3.86. The summed E-state index contributed by atoms with van der Waals surface area (Å²) in [4.78, 5) is 16.1. The molecule has 0 saturated heterocycles. The van der Waals surface area contributed by atoms with Crippen molar-refractivity contribution >= 4 is 5.97 Å². The zero-order chi connectivity index (χ0) is 20.0. The van der Waals surface area contributed by atoms with E-state index in [4.69, 9.17) is 0 Å². The summed E-state index contributed by atoms with van der Waals surface area (Å²) in [6.07, 6.45) is 3.50. The Labute approximate surface area is 167 Å². The van der Waals surface area contributed by atoms with Crippen LogP contribution in [0.3, 0.4) is 0 Å². The molecule has 0 bridgehead atoms. The number of aryl methyl sites for hydroxylation is 1. The van der Waals surface area contributed by atoms with E-state index in [1.165, 1.54) is 23.3 Å². The molecule has 4 aromatic rings. The molecule has 0 aliphatic heterocycles. The zero-order valence-corrected chi connectivity index (χ0v) is 15.5. The van der Waals surface area contributed by atoms with Crippen LogP contribution in [0.25, 0.3) is 28.2 Å². The highest BCUT2D eigenvalue weighted by Crippen LogP contribution is 2.40. The molecule has 2 N–H and O–H groups in total. The number of nitrogens with zero attached hydrogens (tertiary/aromatic N) is 2. The predicted octanol–water partition coefficient (Wildman–Crippen LogP) is 4.71. The Balaban J connectivity index is 1.81. The van der Waals surface area contributed by atoms with Gasteiger partial charge in [0.05, 0.1) is 11.4 Å². The fourth-order valence-corrected chi connectivity index (χ4v) is 4.12. The number of hydrogen-bond acceptors (Lipinski definition) is 3. The number of pyridine rings is 1. The third-order valence-corrected chi connectivity index (χ3v) is 5.44. The monoisotopic (exact) mass is 382 g/mol. The highest BCUT2D eigenvalue weighted by atomic mass is 16.4. The summed E-state index contributed by atoms with van der Waals surface area (Å²) in [5.41, 5.74) is 7.04. The molecule has 2 aromatic carbocycles. The lowest BCUT2D eigenvalue weighted by Gasteiger charge is -2.20. The van der Waals surface area contributed by atoms with Gasteiger partial charge in [-0.05, 0) is 60.4 Å². The SMILES string of the molecule is O=C(O)c1cc(-n2c(-c3ccccn3)cc3c2CCc2ccccc2-3)ccc1O. The Morgan fingerprint density at radius 3 is 2.55 bits per heavy atom. The molecule has 2 aromatic heterocycles. The van der Waals surface area contributed by atoms with E-state index in [2.05, 4.69) is 33.8 Å². The lowest BCUT2D eigenvalue weighted by Crippen LogP contribution is -2.09. The highest BCUT2D eigenvalue weighted by molar-refractivity contribution is 5.91. The zero-order valence-electron chi connectivity index (χ0n) is 15.5. The second-order valence-electron chi connectivity index (χ2n) is 7.10. The van der Waals surface area contributed by atoms with Crippen molar-refractivity contribution in [1.82, 2.24) is 9.55 Å². The molecular formula is C24H18N2O3. The summed E-state index contributed by atoms with van der Waals surface area (Å²) in [5, 5.41) is 19.4. The molecule has 5 heteroatoms. The van der Waals surface area contributed by atoms with Gasteiger partial charge in [0.25, 0.3) is 0 Å². The van der Waals surface area contributed by atoms with Crippen LogP contribution in [0.2, 0.25) is 0 Å². The van der Waals surface area contributed by atoms with Crippen molar-refractivity contribution in [1.29, 1.82) is 0 Å². The molecule has 0 fully saturated rings. The van der Waals surface area contributed by atoms with Crippen molar-refractivity contribution in [2.75, 3.05) is 0 Å². The molecule has 142 valence electrons. The second kappa shape index (κ2) is 6.63. The van der Waals surface area contributed by atoms with Gasteiger partial charge in [0.1, 0.15) is 11.3 Å². The van der Waals surface area contributed by atoms with Crippen LogP contribution >= 0.6 is 0 Å². The Morgan fingerprint density at radius 1 is 0.931 bits per heavy atom. The second-order valence-corrected chi connectivity index (χ2v) is 7.10. The summed E-state index contributed by atoms with van der Waals surface area (Å²) in [5.74, 6) is -1.40. The molecule has 29 heavy (non-hydrogen) atoms. The van der Waals surface area contributed by atoms with Gasteiger partial charge in [-0.3, -0.25) is 4.98 Å². The van der Waals surface area contributed by atoms with E-state index >= 15 is 0 Å². The van der Waals surface area contributed by atoms with Crippen molar-refractivity contribution in [2.24, 2.45) is 0 Å². The minimum Gasteiger partial charge on any atom is -0.507 e. The lowest BCUT2D eigenvalue weighted by molar-refractivity contribution is 0.0693. The Kier molecular flexibility index (Phi) is 3.95. The first-order chi connectivity index (χ1) is 14.1. The number of aromatic nitrogens is 2. The van der Waals surface area contributed by atoms with Gasteiger partial charge >= 0.3 is 5.97 Å². The topological polar surface area (TPSA) is 75.3 Å². The Bertz CT molecular complexity index is 1240. The van der Waals surface area contributed by atoms with Crippen LogP contribution in [0.5, 0.6) is 5.75 Å². The van der Waals surface area contributed by atoms with Gasteiger partial charge in [-0.2, -0.15) is 0 Å². The number of rotatable bonds is 3. The molecule has 1 aliphatic carbocycles. The van der Waals surface area contributed by atoms with E-state index in [0.717, 1.165) is 35.5 Å². The third-order valence-electron chi connectivity index (χ3n) is 5.44. The average molecular weight is 382 g/mol. The molecule has 5 rings (SSSR count). The van der Waals surface area contributed by atoms with Crippen LogP contribution < -0.4 is 0 Å². The summed E-state index contributed by atoms with van der Waals surface area (Å²) in [7, 11) is 0. The van der Waals surface area contributed by atoms with E-state index in [9.17, 15) is 15.0 Å². The van der Waals surface area contributed by atoms with Crippen LogP contribution in [0.15, 0.2) is 72.9 Å². The molecule has 0 radical (unpaired) electrons. The van der Waals surface area contributed by atoms with Crippen LogP contribution in [0, 0.1) is 0 Å². The molecular weight excluding hydrogens is 364 g/mol. The van der Waals surface area contributed by atoms with E-state index < -0.39 is 5.97 Å². The van der Waals surface area contributed by atoms with Gasteiger partial charge in [0.2, 0.25) is 0 Å². The van der Waals surface area contributed by atoms with Gasteiger partial charge < -0.3 is 14.8 Å². The van der Waals surface area contributed by atoms with Gasteiger partial charge in [-0.25, -0.2) is 4.79 Å². The smallest absolute Gasteiger partial charge is 0.339 e. The van der Waals surface area contributed by atoms with Crippen LogP contribution in [0.1, 0.15) is 21.6 Å². The van der Waals surface area contributed by atoms with E-state index in [1.807, 2.05) is 24.3 Å². The molecule has 0 unspecified atom stereocenters. The normalized spacial score (nSPS) is 12.3. The molecule has 0 amide bonds. The van der Waals surface area contributed by atoms with Crippen LogP contribution in [-0.2, 0) is 12.8 Å². The average Bonchev–Trinajstić information content (AvgIpc) is 3.15. The number of carbonyl (C=O) groups is 1. The van der Waals surface area contributed by atoms with E-state index in [-0.39, 0.29) is 11.3 Å². The van der Waals surface area contributed by atoms with Crippen LogP contribution in [-0.4, -0.2) is 25.7 Å². The highest BCUT2D eigenvalue weighted by Gasteiger charge is 2.25. The number of aromatic hydroxyl groups is 1. The summed E-state index contributed by atoms with van der Waals surface area (Å²) in [6.45, 7) is 0. The fraction of sp³-hybridized carbons (Fsp3) is 0.0833. The molecule has 5 nitrogen and oxygen atoms in total. The number of carboxylic acid groups (broad SMARTS) is 1. The molecule has 0 spiro atoms. The quantitative estimate of drug-likeness (QED) is 0.538. The van der Waals surface area contributed by atoms with Crippen molar-refractivity contribution < 1.29 is 15.0 Å². The number of phenols is 1. The summed E-state index contributed by atoms with van der Waals surface area (Å²) >= 11 is 0. The van der Waals surface area contributed by atoms with E-state index in [1.54, 1.807) is 12.3 Å². The number of carboxylic acids is 1. The van der Waals surface area contributed by atoms with E-state index in [0.29, 0.717) is 5.69 Å². The summed E-state index contributed by atoms with van der Waals surface area (Å²) in [6, 6.07) is 20.9. The maximum absolute atomic E-state index is 11.6. The van der Waals surface area contributed by atoms with Crippen molar-refractivity contribution in [2.45, 2.75) is 12.8 Å². The number of fused-ring (bicyclic) bond motifs is 3. The number of aromatic carboxylic acids is 1. The van der Waals surface area contributed by atoms with Gasteiger partial charge in [-0.15, -0.1) is 0 Å². The first-order valence-corrected chi connectivity index (χ1v) is 9.44. The molecule has 2 heterocycles. The fourth-order valence-electron chi connectivity index (χ4n) is 4.12. The molecule has 1 aliphatic rings. The Morgan fingerprint density at radius 2 is 1.76 bits per heavy atom. The summed E-state index contributed by atoms with van der Waals surface area (Å²) < 4.78 is 2.07. The van der Waals surface area contributed by atoms with Crippen molar-refractivity contribution in [3.8, 4) is 34.0 Å². The molecule has 0 saturated carbocycles. The minimum absolute atomic E-state index is 0.117. The predicted molar refractivity (Wildman–Crippen MR) is 110 cm³/mol. The minimum atomic E-state index is -1.16. The van der Waals surface area contributed by atoms with Gasteiger partial charge in [-0.1, -0.05) is 30.3 Å². The van der Waals surface area contributed by atoms with Gasteiger partial charge in [0, 0.05) is 23.1 Å². The largest absolute Gasteiger partial charge is 0.507 e. The molecule has 0 atom stereocenters. The van der Waals surface area contributed by atoms with Crippen molar-refractivity contribution in [3.05, 3.63) is 89.7 Å². The van der Waals surface area contributed by atoms with Crippen molar-refractivity contribution in [3.63, 3.8) is 0 Å². The number of benzene rings is 2. The standard InChI is InChI=1S/C24H18N2O3/c27-23-11-9-16(13-19(23)24(28)29)26-21-10-8-15-5-1-2-6-17(15)18(21)14-22(26)20-7-3-4-12-25-20/h1-7,9,11-14,27H,8,10H2,(H,28,29). The lowest BCUT2D eigenvalue weighted by atomic mass is 9.90. The van der Waals surface area contributed by atoms with Gasteiger partial charge in [0.15, 0.2) is 0 Å². The number of hydrogen-bond donors (Lipinski definition) is 2.